The van der Waals surface area contributed by atoms with Crippen LogP contribution in [0.3, 0.4) is 0 Å². The van der Waals surface area contributed by atoms with Crippen molar-refractivity contribution in [2.24, 2.45) is 0 Å². The van der Waals surface area contributed by atoms with Crippen LogP contribution >= 0.6 is 0 Å². The zero-order chi connectivity index (χ0) is 11.4. The summed E-state index contributed by atoms with van der Waals surface area (Å²) >= 11 is 0. The summed E-state index contributed by atoms with van der Waals surface area (Å²) in [5, 5.41) is 19.7. The van der Waals surface area contributed by atoms with Crippen molar-refractivity contribution >= 4 is 17.8 Å². The number of aliphatic carboxylic acids is 1. The molecule has 1 N–H and O–H groups in total. The van der Waals surface area contributed by atoms with E-state index in [1.807, 2.05) is 0 Å². The number of hydrogen-bond donors (Lipinski definition) is 1. The van der Waals surface area contributed by atoms with Crippen LogP contribution in [0.25, 0.3) is 6.08 Å². The molecule has 0 aliphatic carbocycles. The third-order valence-corrected chi connectivity index (χ3v) is 1.87. The SMILES string of the molecule is Cc1cccc(/C=C/C(=O)C(=O)O)c1[O-]. The standard InChI is InChI=1S/C11H10O4/c1-7-3-2-4-8(10(7)13)5-6-9(12)11(14)15/h2-6,13H,1H3,(H,14,15)/p-1/b6-5+. The molecule has 1 aromatic rings. The van der Waals surface area contributed by atoms with Gasteiger partial charge in [0.25, 0.3) is 5.78 Å². The normalized spacial score (nSPS) is 10.5. The van der Waals surface area contributed by atoms with Crippen LogP contribution < -0.4 is 5.11 Å². The summed E-state index contributed by atoms with van der Waals surface area (Å²) in [4.78, 5) is 20.9. The van der Waals surface area contributed by atoms with E-state index in [9.17, 15) is 14.7 Å². The topological polar surface area (TPSA) is 77.4 Å². The van der Waals surface area contributed by atoms with Crippen molar-refractivity contribution in [2.75, 3.05) is 0 Å². The molecule has 4 heteroatoms. The predicted molar refractivity (Wildman–Crippen MR) is 52.3 cm³/mol. The molecule has 1 rings (SSSR count). The molecule has 0 radical (unpaired) electrons. The summed E-state index contributed by atoms with van der Waals surface area (Å²) in [6.07, 6.45) is 2.09. The first-order valence-electron chi connectivity index (χ1n) is 4.24. The summed E-state index contributed by atoms with van der Waals surface area (Å²) in [5.41, 5.74) is 0.865. The lowest BCUT2D eigenvalue weighted by molar-refractivity contribution is -0.269. The van der Waals surface area contributed by atoms with E-state index in [0.717, 1.165) is 6.08 Å². The van der Waals surface area contributed by atoms with Crippen molar-refractivity contribution in [1.82, 2.24) is 0 Å². The van der Waals surface area contributed by atoms with E-state index in [2.05, 4.69) is 0 Å². The molecule has 1 aromatic carbocycles. The lowest BCUT2D eigenvalue weighted by Crippen LogP contribution is -2.08. The van der Waals surface area contributed by atoms with Crippen LogP contribution in [0, 0.1) is 6.92 Å². The second-order valence-corrected chi connectivity index (χ2v) is 3.00. The fourth-order valence-electron chi connectivity index (χ4n) is 1.04. The van der Waals surface area contributed by atoms with E-state index in [1.54, 1.807) is 19.1 Å². The Kier molecular flexibility index (Phi) is 3.23. The molecule has 0 saturated carbocycles. The van der Waals surface area contributed by atoms with Gasteiger partial charge in [-0.25, -0.2) is 4.79 Å². The van der Waals surface area contributed by atoms with Crippen molar-refractivity contribution in [3.05, 3.63) is 35.4 Å². The fraction of sp³-hybridized carbons (Fsp3) is 0.0909. The first-order valence-corrected chi connectivity index (χ1v) is 4.24. The van der Waals surface area contributed by atoms with Gasteiger partial charge in [-0.2, -0.15) is 0 Å². The molecule has 78 valence electrons. The van der Waals surface area contributed by atoms with E-state index in [1.165, 1.54) is 12.1 Å². The fourth-order valence-corrected chi connectivity index (χ4v) is 1.04. The minimum absolute atomic E-state index is 0.202. The number of rotatable bonds is 3. The van der Waals surface area contributed by atoms with Gasteiger partial charge in [0.1, 0.15) is 0 Å². The van der Waals surface area contributed by atoms with Gasteiger partial charge >= 0.3 is 5.97 Å². The first kappa shape index (κ1) is 11.0. The largest absolute Gasteiger partial charge is 0.872 e. The minimum Gasteiger partial charge on any atom is -0.872 e. The molecule has 0 heterocycles. The van der Waals surface area contributed by atoms with E-state index < -0.39 is 11.8 Å². The zero-order valence-corrected chi connectivity index (χ0v) is 8.06. The number of carboxylic acids is 1. The molecule has 0 unspecified atom stereocenters. The molecule has 4 nitrogen and oxygen atoms in total. The van der Waals surface area contributed by atoms with Gasteiger partial charge in [-0.3, -0.25) is 4.79 Å². The van der Waals surface area contributed by atoms with Crippen LogP contribution in [0.4, 0.5) is 0 Å². The van der Waals surface area contributed by atoms with Gasteiger partial charge in [-0.05, 0) is 18.6 Å². The van der Waals surface area contributed by atoms with Crippen molar-refractivity contribution < 1.29 is 19.8 Å². The summed E-state index contributed by atoms with van der Waals surface area (Å²) in [5.74, 6) is -2.78. The highest BCUT2D eigenvalue weighted by Gasteiger charge is 2.05. The quantitative estimate of drug-likeness (QED) is 0.583. The van der Waals surface area contributed by atoms with Crippen LogP contribution in [0.1, 0.15) is 11.1 Å². The van der Waals surface area contributed by atoms with E-state index in [4.69, 9.17) is 5.11 Å². The molecule has 0 aliphatic heterocycles. The van der Waals surface area contributed by atoms with Gasteiger partial charge in [0.2, 0.25) is 0 Å². The Morgan fingerprint density at radius 3 is 2.67 bits per heavy atom. The molecule has 15 heavy (non-hydrogen) atoms. The first-order chi connectivity index (χ1) is 7.02. The minimum atomic E-state index is -1.54. The van der Waals surface area contributed by atoms with Crippen LogP contribution in [0.15, 0.2) is 24.3 Å². The lowest BCUT2D eigenvalue weighted by Gasteiger charge is -2.13. The molecule has 0 saturated heterocycles. The Morgan fingerprint density at radius 2 is 2.07 bits per heavy atom. The van der Waals surface area contributed by atoms with Crippen LogP contribution in [-0.4, -0.2) is 16.9 Å². The number of ketones is 1. The van der Waals surface area contributed by atoms with Gasteiger partial charge < -0.3 is 10.2 Å². The third kappa shape index (κ3) is 2.67. The van der Waals surface area contributed by atoms with Crippen LogP contribution in [0.2, 0.25) is 0 Å². The van der Waals surface area contributed by atoms with E-state index in [-0.39, 0.29) is 5.75 Å². The molecule has 0 amide bonds. The Hall–Kier alpha value is -2.10. The molecule has 0 spiro atoms. The molecular weight excluding hydrogens is 196 g/mol. The maximum atomic E-state index is 11.4. The van der Waals surface area contributed by atoms with Crippen molar-refractivity contribution in [2.45, 2.75) is 6.92 Å². The number of hydrogen-bond acceptors (Lipinski definition) is 3. The van der Waals surface area contributed by atoms with Gasteiger partial charge in [-0.1, -0.05) is 35.6 Å². The van der Waals surface area contributed by atoms with Crippen molar-refractivity contribution in [1.29, 1.82) is 0 Å². The number of carbonyl (C=O) groups excluding carboxylic acids is 1. The third-order valence-electron chi connectivity index (χ3n) is 1.87. The molecule has 0 fully saturated rings. The maximum absolute atomic E-state index is 11.4. The molecular formula is C11H9O4-. The van der Waals surface area contributed by atoms with E-state index in [0.29, 0.717) is 11.1 Å². The Bertz CT molecular complexity index is 432. The number of benzene rings is 1. The van der Waals surface area contributed by atoms with Crippen LogP contribution in [0.5, 0.6) is 5.75 Å². The lowest BCUT2D eigenvalue weighted by atomic mass is 10.1. The monoisotopic (exact) mass is 205 g/mol. The average molecular weight is 205 g/mol. The predicted octanol–water partition coefficient (Wildman–Crippen LogP) is 0.736. The van der Waals surface area contributed by atoms with Crippen molar-refractivity contribution in [3.8, 4) is 5.75 Å². The van der Waals surface area contributed by atoms with Crippen molar-refractivity contribution in [3.63, 3.8) is 0 Å². The van der Waals surface area contributed by atoms with Gasteiger partial charge in [0.15, 0.2) is 0 Å². The summed E-state index contributed by atoms with van der Waals surface area (Å²) < 4.78 is 0. The molecule has 0 bridgehead atoms. The average Bonchev–Trinajstić information content (AvgIpc) is 2.19. The van der Waals surface area contributed by atoms with E-state index >= 15 is 0 Å². The number of para-hydroxylation sites is 1. The second-order valence-electron chi connectivity index (χ2n) is 3.00. The smallest absolute Gasteiger partial charge is 0.376 e. The van der Waals surface area contributed by atoms with Gasteiger partial charge in [0, 0.05) is 0 Å². The molecule has 0 aromatic heterocycles. The summed E-state index contributed by atoms with van der Waals surface area (Å²) in [6, 6.07) is 4.85. The number of carboxylic acid groups (broad SMARTS) is 1. The van der Waals surface area contributed by atoms with Gasteiger partial charge in [0.05, 0.1) is 0 Å². The Balaban J connectivity index is 2.95. The van der Waals surface area contributed by atoms with Gasteiger partial charge in [-0.15, -0.1) is 0 Å². The summed E-state index contributed by atoms with van der Waals surface area (Å²) in [7, 11) is 0. The Morgan fingerprint density at radius 1 is 1.40 bits per heavy atom. The van der Waals surface area contributed by atoms with Crippen LogP contribution in [-0.2, 0) is 9.59 Å². The number of carbonyl (C=O) groups is 2. The molecule has 0 atom stereocenters. The summed E-state index contributed by atoms with van der Waals surface area (Å²) in [6.45, 7) is 1.65. The molecule has 0 aliphatic rings. The second kappa shape index (κ2) is 4.41. The highest BCUT2D eigenvalue weighted by Crippen LogP contribution is 2.19. The number of aryl methyl sites for hydroxylation is 1. The Labute approximate surface area is 86.5 Å². The highest BCUT2D eigenvalue weighted by atomic mass is 16.4. The maximum Gasteiger partial charge on any atom is 0.376 e. The zero-order valence-electron chi connectivity index (χ0n) is 8.06. The highest BCUT2D eigenvalue weighted by molar-refractivity contribution is 6.38.